The number of benzene rings is 2. The number of nitrogens with zero attached hydrogens (tertiary/aromatic N) is 2. The molecular formula is C19H17Br2N3O4. The highest BCUT2D eigenvalue weighted by Gasteiger charge is 2.16. The van der Waals surface area contributed by atoms with Gasteiger partial charge in [-0.05, 0) is 63.9 Å². The Morgan fingerprint density at radius 2 is 1.82 bits per heavy atom. The molecule has 0 atom stereocenters. The summed E-state index contributed by atoms with van der Waals surface area (Å²) in [5, 5.41) is 4.47. The van der Waals surface area contributed by atoms with Gasteiger partial charge in [0.05, 0.1) is 34.8 Å². The zero-order valence-electron chi connectivity index (χ0n) is 15.2. The standard InChI is InChI=1S/C19H17Br2N3O4/c1-3-27-14-9-11(15(20)16(21)17(14)28-4-2)10-22-24-18(25)12-7-5-6-8-13(12)23-19(24)26/h5-10H,3-4H2,1-2H3,(H,23,26). The maximum Gasteiger partial charge on any atom is 0.349 e. The second kappa shape index (κ2) is 8.74. The van der Waals surface area contributed by atoms with E-state index in [4.69, 9.17) is 9.47 Å². The fourth-order valence-electron chi connectivity index (χ4n) is 2.62. The molecule has 1 N–H and O–H groups in total. The number of ether oxygens (including phenoxy) is 2. The number of H-pyrrole nitrogens is 1. The van der Waals surface area contributed by atoms with E-state index >= 15 is 0 Å². The highest BCUT2D eigenvalue weighted by atomic mass is 79.9. The third-order valence-electron chi connectivity index (χ3n) is 3.84. The van der Waals surface area contributed by atoms with Gasteiger partial charge in [0.1, 0.15) is 0 Å². The van der Waals surface area contributed by atoms with Crippen LogP contribution in [0.5, 0.6) is 11.5 Å². The summed E-state index contributed by atoms with van der Waals surface area (Å²) >= 11 is 6.98. The third kappa shape index (κ3) is 3.90. The average molecular weight is 511 g/mol. The van der Waals surface area contributed by atoms with E-state index in [0.29, 0.717) is 50.1 Å². The van der Waals surface area contributed by atoms with Crippen molar-refractivity contribution in [1.82, 2.24) is 9.66 Å². The quantitative estimate of drug-likeness (QED) is 0.509. The Balaban J connectivity index is 2.11. The van der Waals surface area contributed by atoms with Crippen molar-refractivity contribution in [3.63, 3.8) is 0 Å². The van der Waals surface area contributed by atoms with Gasteiger partial charge in [0.25, 0.3) is 5.56 Å². The van der Waals surface area contributed by atoms with Crippen LogP contribution in [0, 0.1) is 0 Å². The van der Waals surface area contributed by atoms with Crippen LogP contribution in [0.1, 0.15) is 19.4 Å². The van der Waals surface area contributed by atoms with E-state index in [1.807, 2.05) is 13.8 Å². The van der Waals surface area contributed by atoms with E-state index in [-0.39, 0.29) is 0 Å². The first-order chi connectivity index (χ1) is 13.5. The highest BCUT2D eigenvalue weighted by Crippen LogP contribution is 2.42. The zero-order valence-corrected chi connectivity index (χ0v) is 18.3. The predicted molar refractivity (Wildman–Crippen MR) is 116 cm³/mol. The summed E-state index contributed by atoms with van der Waals surface area (Å²) in [7, 11) is 0. The minimum atomic E-state index is -0.619. The lowest BCUT2D eigenvalue weighted by Gasteiger charge is -2.15. The maximum atomic E-state index is 12.6. The number of para-hydroxylation sites is 1. The molecule has 0 bridgehead atoms. The van der Waals surface area contributed by atoms with Crippen LogP contribution in [0.3, 0.4) is 0 Å². The Labute approximate surface area is 177 Å². The minimum Gasteiger partial charge on any atom is -0.490 e. The monoisotopic (exact) mass is 509 g/mol. The van der Waals surface area contributed by atoms with Crippen molar-refractivity contribution in [3.05, 3.63) is 65.7 Å². The number of aromatic amines is 1. The van der Waals surface area contributed by atoms with E-state index in [0.717, 1.165) is 4.68 Å². The van der Waals surface area contributed by atoms with Crippen molar-refractivity contribution in [3.8, 4) is 11.5 Å². The van der Waals surface area contributed by atoms with E-state index in [1.54, 1.807) is 30.3 Å². The molecule has 9 heteroatoms. The summed E-state index contributed by atoms with van der Waals surface area (Å²) in [6, 6.07) is 8.50. The van der Waals surface area contributed by atoms with E-state index in [1.165, 1.54) is 6.21 Å². The average Bonchev–Trinajstić information content (AvgIpc) is 2.68. The second-order valence-electron chi connectivity index (χ2n) is 5.62. The normalized spacial score (nSPS) is 11.3. The van der Waals surface area contributed by atoms with Gasteiger partial charge in [-0.1, -0.05) is 12.1 Å². The van der Waals surface area contributed by atoms with Crippen LogP contribution >= 0.6 is 31.9 Å². The molecule has 0 aliphatic rings. The largest absolute Gasteiger partial charge is 0.490 e. The first-order valence-electron chi connectivity index (χ1n) is 8.53. The molecule has 2 aromatic carbocycles. The van der Waals surface area contributed by atoms with Crippen molar-refractivity contribution in [2.75, 3.05) is 13.2 Å². The molecule has 1 heterocycles. The number of fused-ring (bicyclic) bond motifs is 1. The van der Waals surface area contributed by atoms with Crippen molar-refractivity contribution < 1.29 is 9.47 Å². The van der Waals surface area contributed by atoms with Gasteiger partial charge in [0.15, 0.2) is 11.5 Å². The maximum absolute atomic E-state index is 12.6. The van der Waals surface area contributed by atoms with E-state index < -0.39 is 11.2 Å². The summed E-state index contributed by atoms with van der Waals surface area (Å²) in [6.45, 7) is 4.67. The summed E-state index contributed by atoms with van der Waals surface area (Å²) in [6.07, 6.45) is 1.42. The Hall–Kier alpha value is -2.39. The molecule has 0 saturated heterocycles. The third-order valence-corrected chi connectivity index (χ3v) is 5.98. The van der Waals surface area contributed by atoms with Crippen LogP contribution in [-0.2, 0) is 0 Å². The molecule has 146 valence electrons. The predicted octanol–water partition coefficient (Wildman–Crippen LogP) is 3.89. The van der Waals surface area contributed by atoms with Gasteiger partial charge in [0, 0.05) is 10.0 Å². The Bertz CT molecular complexity index is 1170. The molecule has 0 radical (unpaired) electrons. The molecular weight excluding hydrogens is 494 g/mol. The number of aromatic nitrogens is 2. The van der Waals surface area contributed by atoms with Gasteiger partial charge in [0.2, 0.25) is 0 Å². The molecule has 0 saturated carbocycles. The molecule has 0 spiro atoms. The Morgan fingerprint density at radius 3 is 2.54 bits per heavy atom. The van der Waals surface area contributed by atoms with Crippen molar-refractivity contribution in [1.29, 1.82) is 0 Å². The lowest BCUT2D eigenvalue weighted by molar-refractivity contribution is 0.286. The molecule has 0 unspecified atom stereocenters. The van der Waals surface area contributed by atoms with Crippen molar-refractivity contribution >= 4 is 49.0 Å². The van der Waals surface area contributed by atoms with Gasteiger partial charge < -0.3 is 14.5 Å². The molecule has 3 rings (SSSR count). The number of nitrogens with one attached hydrogen (secondary N) is 1. The number of hydrogen-bond donors (Lipinski definition) is 1. The van der Waals surface area contributed by atoms with Gasteiger partial charge in [-0.25, -0.2) is 4.79 Å². The second-order valence-corrected chi connectivity index (χ2v) is 7.21. The topological polar surface area (TPSA) is 85.7 Å². The van der Waals surface area contributed by atoms with Crippen LogP contribution < -0.4 is 20.7 Å². The fourth-order valence-corrected chi connectivity index (χ4v) is 3.55. The van der Waals surface area contributed by atoms with Gasteiger partial charge in [-0.2, -0.15) is 5.10 Å². The molecule has 28 heavy (non-hydrogen) atoms. The smallest absolute Gasteiger partial charge is 0.349 e. The molecule has 0 amide bonds. The summed E-state index contributed by atoms with van der Waals surface area (Å²) in [4.78, 5) is 27.5. The van der Waals surface area contributed by atoms with Crippen LogP contribution in [0.2, 0.25) is 0 Å². The van der Waals surface area contributed by atoms with Gasteiger partial charge in [-0.3, -0.25) is 4.79 Å². The molecule has 0 aliphatic heterocycles. The van der Waals surface area contributed by atoms with Gasteiger partial charge in [-0.15, -0.1) is 4.68 Å². The van der Waals surface area contributed by atoms with Crippen LogP contribution in [0.4, 0.5) is 0 Å². The summed E-state index contributed by atoms with van der Waals surface area (Å²) < 4.78 is 13.4. The van der Waals surface area contributed by atoms with Gasteiger partial charge >= 0.3 is 5.69 Å². The first kappa shape index (κ1) is 20.3. The van der Waals surface area contributed by atoms with Crippen molar-refractivity contribution in [2.24, 2.45) is 5.10 Å². The van der Waals surface area contributed by atoms with Crippen LogP contribution in [0.15, 0.2) is 54.0 Å². The van der Waals surface area contributed by atoms with Crippen LogP contribution in [0.25, 0.3) is 10.9 Å². The SMILES string of the molecule is CCOc1cc(C=Nn2c(=O)[nH]c3ccccc3c2=O)c(Br)c(Br)c1OCC. The molecule has 1 aromatic heterocycles. The Morgan fingerprint density at radius 1 is 1.11 bits per heavy atom. The van der Waals surface area contributed by atoms with Crippen LogP contribution in [-0.4, -0.2) is 29.1 Å². The number of rotatable bonds is 6. The Kier molecular flexibility index (Phi) is 6.35. The molecule has 3 aromatic rings. The molecule has 7 nitrogen and oxygen atoms in total. The fraction of sp³-hybridized carbons (Fsp3) is 0.211. The number of halogens is 2. The highest BCUT2D eigenvalue weighted by molar-refractivity contribution is 9.13. The minimum absolute atomic E-state index is 0.376. The molecule has 0 fully saturated rings. The van der Waals surface area contributed by atoms with Crippen molar-refractivity contribution in [2.45, 2.75) is 13.8 Å². The number of hydrogen-bond acceptors (Lipinski definition) is 5. The lowest BCUT2D eigenvalue weighted by Crippen LogP contribution is -2.32. The van der Waals surface area contributed by atoms with E-state index in [9.17, 15) is 9.59 Å². The summed E-state index contributed by atoms with van der Waals surface area (Å²) in [5.41, 5.74) is -0.0429. The lowest BCUT2D eigenvalue weighted by atomic mass is 10.2. The first-order valence-corrected chi connectivity index (χ1v) is 10.1. The van der Waals surface area contributed by atoms with E-state index in [2.05, 4.69) is 41.9 Å². The zero-order chi connectivity index (χ0) is 20.3. The molecule has 0 aliphatic carbocycles. The summed E-state index contributed by atoms with van der Waals surface area (Å²) in [5.74, 6) is 1.09.